The summed E-state index contributed by atoms with van der Waals surface area (Å²) >= 11 is 0. The molecule has 6 nitrogen and oxygen atoms in total. The number of likely N-dealkylation sites (tertiary alicyclic amines) is 1. The number of rotatable bonds is 6. The lowest BCUT2D eigenvalue weighted by Crippen LogP contribution is -2.32. The summed E-state index contributed by atoms with van der Waals surface area (Å²) in [4.78, 5) is 14.1. The zero-order chi connectivity index (χ0) is 16.3. The van der Waals surface area contributed by atoms with Crippen LogP contribution in [0.25, 0.3) is 0 Å². The lowest BCUT2D eigenvalue weighted by molar-refractivity contribution is -0.148. The van der Waals surface area contributed by atoms with Crippen LogP contribution in [0.2, 0.25) is 0 Å². The lowest BCUT2D eigenvalue weighted by Gasteiger charge is -2.22. The first-order valence-electron chi connectivity index (χ1n) is 7.99. The van der Waals surface area contributed by atoms with Crippen molar-refractivity contribution in [1.82, 2.24) is 14.7 Å². The summed E-state index contributed by atoms with van der Waals surface area (Å²) in [6.07, 6.45) is 2.06. The van der Waals surface area contributed by atoms with Gasteiger partial charge >= 0.3 is 5.97 Å². The molecule has 22 heavy (non-hydrogen) atoms. The maximum Gasteiger partial charge on any atom is 0.328 e. The van der Waals surface area contributed by atoms with Crippen LogP contribution in [0.1, 0.15) is 43.6 Å². The number of aliphatic hydroxyl groups excluding tert-OH is 1. The monoisotopic (exact) mass is 309 g/mol. The summed E-state index contributed by atoms with van der Waals surface area (Å²) in [5.74, 6) is -0.262. The molecule has 0 unspecified atom stereocenters. The Hall–Kier alpha value is -1.40. The van der Waals surface area contributed by atoms with Gasteiger partial charge in [-0.05, 0) is 47.1 Å². The van der Waals surface area contributed by atoms with Crippen LogP contribution in [0.15, 0.2) is 0 Å². The molecular weight excluding hydrogens is 282 g/mol. The summed E-state index contributed by atoms with van der Waals surface area (Å²) in [5.41, 5.74) is 3.10. The molecule has 0 saturated carbocycles. The Morgan fingerprint density at radius 1 is 1.45 bits per heavy atom. The minimum Gasteiger partial charge on any atom is -0.462 e. The van der Waals surface area contributed by atoms with Gasteiger partial charge in [-0.15, -0.1) is 0 Å². The van der Waals surface area contributed by atoms with Crippen molar-refractivity contribution in [3.05, 3.63) is 17.0 Å². The van der Waals surface area contributed by atoms with Crippen LogP contribution < -0.4 is 0 Å². The molecule has 2 rings (SSSR count). The van der Waals surface area contributed by atoms with Crippen molar-refractivity contribution in [2.45, 2.75) is 65.8 Å². The Labute approximate surface area is 132 Å². The zero-order valence-corrected chi connectivity index (χ0v) is 14.0. The molecule has 0 radical (unpaired) electrons. The van der Waals surface area contributed by atoms with Gasteiger partial charge in [0.25, 0.3) is 0 Å². The fourth-order valence-corrected chi connectivity index (χ4v) is 3.05. The second-order valence-electron chi connectivity index (χ2n) is 6.29. The predicted molar refractivity (Wildman–Crippen MR) is 83.4 cm³/mol. The molecular formula is C16H27N3O3. The molecule has 2 heterocycles. The Balaban J connectivity index is 2.08. The summed E-state index contributed by atoms with van der Waals surface area (Å²) in [7, 11) is 0. The van der Waals surface area contributed by atoms with Gasteiger partial charge in [0.05, 0.1) is 18.4 Å². The van der Waals surface area contributed by atoms with Crippen LogP contribution in [0.5, 0.6) is 0 Å². The molecule has 1 aromatic rings. The summed E-state index contributed by atoms with van der Waals surface area (Å²) in [6, 6.07) is 0.244. The van der Waals surface area contributed by atoms with Crippen molar-refractivity contribution in [1.29, 1.82) is 0 Å². The number of hydrogen-bond donors (Lipinski definition) is 1. The van der Waals surface area contributed by atoms with Gasteiger partial charge in [0.1, 0.15) is 6.54 Å². The van der Waals surface area contributed by atoms with E-state index >= 15 is 0 Å². The summed E-state index contributed by atoms with van der Waals surface area (Å²) in [6.45, 7) is 9.77. The molecule has 0 amide bonds. The molecule has 0 bridgehead atoms. The molecule has 124 valence electrons. The number of carbonyl (C=O) groups excluding carboxylic acids is 1. The average Bonchev–Trinajstić information content (AvgIpc) is 2.98. The highest BCUT2D eigenvalue weighted by Crippen LogP contribution is 2.23. The number of aromatic nitrogens is 2. The molecule has 0 aliphatic carbocycles. The van der Waals surface area contributed by atoms with E-state index < -0.39 is 0 Å². The number of aryl methyl sites for hydroxylation is 1. The molecule has 1 saturated heterocycles. The van der Waals surface area contributed by atoms with Gasteiger partial charge in [0.2, 0.25) is 0 Å². The Morgan fingerprint density at radius 2 is 2.18 bits per heavy atom. The van der Waals surface area contributed by atoms with Gasteiger partial charge < -0.3 is 9.84 Å². The second-order valence-corrected chi connectivity index (χ2v) is 6.29. The van der Waals surface area contributed by atoms with Gasteiger partial charge in [-0.25, -0.2) is 0 Å². The first-order chi connectivity index (χ1) is 10.4. The van der Waals surface area contributed by atoms with Crippen LogP contribution in [0.4, 0.5) is 0 Å². The Morgan fingerprint density at radius 3 is 2.82 bits per heavy atom. The minimum absolute atomic E-state index is 0.112. The Kier molecular flexibility index (Phi) is 5.58. The topological polar surface area (TPSA) is 67.6 Å². The quantitative estimate of drug-likeness (QED) is 0.805. The average molecular weight is 309 g/mol. The van der Waals surface area contributed by atoms with Crippen molar-refractivity contribution < 1.29 is 14.6 Å². The van der Waals surface area contributed by atoms with Crippen LogP contribution in [-0.4, -0.2) is 51.1 Å². The molecule has 1 N–H and O–H groups in total. The van der Waals surface area contributed by atoms with Gasteiger partial charge in [-0.2, -0.15) is 5.10 Å². The molecule has 6 heteroatoms. The molecule has 0 spiro atoms. The van der Waals surface area contributed by atoms with E-state index in [1.54, 1.807) is 4.68 Å². The highest BCUT2D eigenvalue weighted by Gasteiger charge is 2.26. The predicted octanol–water partition coefficient (Wildman–Crippen LogP) is 1.41. The first kappa shape index (κ1) is 17.0. The van der Waals surface area contributed by atoms with E-state index in [1.165, 1.54) is 0 Å². The number of esters is 1. The number of carbonyl (C=O) groups is 1. The smallest absolute Gasteiger partial charge is 0.328 e. The highest BCUT2D eigenvalue weighted by molar-refractivity contribution is 5.69. The van der Waals surface area contributed by atoms with E-state index in [4.69, 9.17) is 4.74 Å². The van der Waals surface area contributed by atoms with E-state index in [0.717, 1.165) is 42.9 Å². The number of nitrogens with zero attached hydrogens (tertiary/aromatic N) is 3. The van der Waals surface area contributed by atoms with E-state index in [9.17, 15) is 9.90 Å². The van der Waals surface area contributed by atoms with Crippen molar-refractivity contribution in [2.75, 3.05) is 13.2 Å². The van der Waals surface area contributed by atoms with Crippen molar-refractivity contribution in [3.8, 4) is 0 Å². The third-order valence-corrected chi connectivity index (χ3v) is 4.25. The molecule has 1 aliphatic rings. The number of aliphatic hydroxyl groups is 1. The maximum atomic E-state index is 11.8. The Bertz CT molecular complexity index is 525. The third kappa shape index (κ3) is 3.87. The van der Waals surface area contributed by atoms with E-state index in [2.05, 4.69) is 10.00 Å². The number of ether oxygens (including phenoxy) is 1. The van der Waals surface area contributed by atoms with Crippen LogP contribution in [0, 0.1) is 13.8 Å². The lowest BCUT2D eigenvalue weighted by atomic mass is 10.1. The third-order valence-electron chi connectivity index (χ3n) is 4.25. The SMILES string of the molecule is Cc1nn(CC(=O)OC(C)C)c(C)c1CN1CCC[C@@H]1CO. The molecule has 1 aliphatic heterocycles. The molecule has 1 fully saturated rings. The van der Waals surface area contributed by atoms with Crippen molar-refractivity contribution >= 4 is 5.97 Å². The van der Waals surface area contributed by atoms with Gasteiger partial charge in [0.15, 0.2) is 0 Å². The fraction of sp³-hybridized carbons (Fsp3) is 0.750. The largest absolute Gasteiger partial charge is 0.462 e. The number of hydrogen-bond acceptors (Lipinski definition) is 5. The molecule has 0 aromatic carbocycles. The standard InChI is InChI=1S/C16H27N3O3/c1-11(2)22-16(21)9-19-13(4)15(12(3)17-19)8-18-7-5-6-14(18)10-20/h11,14,20H,5-10H2,1-4H3/t14-/m1/s1. The summed E-state index contributed by atoms with van der Waals surface area (Å²) < 4.78 is 6.90. The highest BCUT2D eigenvalue weighted by atomic mass is 16.5. The first-order valence-corrected chi connectivity index (χ1v) is 7.99. The maximum absolute atomic E-state index is 11.8. The van der Waals surface area contributed by atoms with Crippen LogP contribution in [-0.2, 0) is 22.6 Å². The van der Waals surface area contributed by atoms with E-state index in [0.29, 0.717) is 0 Å². The molecule has 1 atom stereocenters. The summed E-state index contributed by atoms with van der Waals surface area (Å²) in [5, 5.41) is 13.9. The van der Waals surface area contributed by atoms with Crippen LogP contribution >= 0.6 is 0 Å². The molecule has 1 aromatic heterocycles. The normalized spacial score (nSPS) is 19.1. The van der Waals surface area contributed by atoms with Gasteiger partial charge in [-0.3, -0.25) is 14.4 Å². The van der Waals surface area contributed by atoms with Gasteiger partial charge in [-0.1, -0.05) is 0 Å². The zero-order valence-electron chi connectivity index (χ0n) is 14.0. The van der Waals surface area contributed by atoms with E-state index in [1.807, 2.05) is 27.7 Å². The minimum atomic E-state index is -0.262. The fourth-order valence-electron chi connectivity index (χ4n) is 3.05. The van der Waals surface area contributed by atoms with Crippen molar-refractivity contribution in [2.24, 2.45) is 0 Å². The van der Waals surface area contributed by atoms with Gasteiger partial charge in [0, 0.05) is 23.8 Å². The van der Waals surface area contributed by atoms with Crippen molar-refractivity contribution in [3.63, 3.8) is 0 Å². The van der Waals surface area contributed by atoms with Crippen LogP contribution in [0.3, 0.4) is 0 Å². The van der Waals surface area contributed by atoms with E-state index in [-0.39, 0.29) is 31.3 Å². The second kappa shape index (κ2) is 7.24.